The molecule has 1 N–H and O–H groups in total. The second kappa shape index (κ2) is 5.98. The summed E-state index contributed by atoms with van der Waals surface area (Å²) in [7, 11) is 2.20. The normalized spacial score (nSPS) is 20.2. The number of anilines is 1. The van der Waals surface area contributed by atoms with Crippen LogP contribution in [0.25, 0.3) is 10.9 Å². The van der Waals surface area contributed by atoms with Crippen molar-refractivity contribution < 1.29 is 0 Å². The van der Waals surface area contributed by atoms with Crippen molar-refractivity contribution in [2.24, 2.45) is 5.92 Å². The van der Waals surface area contributed by atoms with Gasteiger partial charge in [0.2, 0.25) is 0 Å². The number of nitrogens with zero attached hydrogens (tertiary/aromatic N) is 2. The molecule has 0 saturated carbocycles. The molecule has 0 aliphatic carbocycles. The molecule has 1 fully saturated rings. The molecule has 0 radical (unpaired) electrons. The van der Waals surface area contributed by atoms with Gasteiger partial charge in [0.05, 0.1) is 11.2 Å². The molecule has 1 atom stereocenters. The highest BCUT2D eigenvalue weighted by Crippen LogP contribution is 2.27. The Morgan fingerprint density at radius 3 is 3.20 bits per heavy atom. The van der Waals surface area contributed by atoms with Crippen LogP contribution in [-0.2, 0) is 0 Å². The summed E-state index contributed by atoms with van der Waals surface area (Å²) in [5.41, 5.74) is 2.04. The number of hydrogen-bond acceptors (Lipinski definition) is 3. The maximum atomic E-state index is 6.19. The number of nitrogens with one attached hydrogen (secondary N) is 1. The molecule has 2 aromatic rings. The van der Waals surface area contributed by atoms with Gasteiger partial charge in [-0.25, -0.2) is 0 Å². The zero-order valence-corrected chi connectivity index (χ0v) is 12.5. The SMILES string of the molecule is CN1CCCC(CNc2cc(Cl)cc3cccnc23)C1. The van der Waals surface area contributed by atoms with E-state index in [2.05, 4.69) is 22.2 Å². The van der Waals surface area contributed by atoms with Crippen molar-refractivity contribution in [1.29, 1.82) is 0 Å². The van der Waals surface area contributed by atoms with Crippen molar-refractivity contribution in [2.75, 3.05) is 32.0 Å². The minimum absolute atomic E-state index is 0.700. The van der Waals surface area contributed by atoms with Crippen LogP contribution in [0, 0.1) is 5.92 Å². The van der Waals surface area contributed by atoms with Gasteiger partial charge in [-0.3, -0.25) is 4.98 Å². The van der Waals surface area contributed by atoms with E-state index in [1.807, 2.05) is 30.5 Å². The van der Waals surface area contributed by atoms with Crippen LogP contribution >= 0.6 is 11.6 Å². The number of pyridine rings is 1. The standard InChI is InChI=1S/C16H20ClN3/c1-20-7-3-4-12(11-20)10-19-15-9-14(17)8-13-5-2-6-18-16(13)15/h2,5-6,8-9,12,19H,3-4,7,10-11H2,1H3. The van der Waals surface area contributed by atoms with Crippen LogP contribution in [0.2, 0.25) is 5.02 Å². The summed E-state index contributed by atoms with van der Waals surface area (Å²) in [6, 6.07) is 7.93. The highest BCUT2D eigenvalue weighted by atomic mass is 35.5. The molecule has 3 nitrogen and oxygen atoms in total. The van der Waals surface area contributed by atoms with Crippen molar-refractivity contribution >= 4 is 28.2 Å². The Balaban J connectivity index is 1.77. The van der Waals surface area contributed by atoms with Gasteiger partial charge < -0.3 is 10.2 Å². The Bertz CT molecular complexity index is 599. The molecule has 2 heterocycles. The van der Waals surface area contributed by atoms with E-state index in [9.17, 15) is 0 Å². The van der Waals surface area contributed by atoms with Gasteiger partial charge in [-0.2, -0.15) is 0 Å². The third-order valence-corrected chi connectivity index (χ3v) is 4.19. The molecule has 1 aliphatic heterocycles. The quantitative estimate of drug-likeness (QED) is 0.935. The van der Waals surface area contributed by atoms with E-state index in [4.69, 9.17) is 11.6 Å². The van der Waals surface area contributed by atoms with Crippen LogP contribution in [0.4, 0.5) is 5.69 Å². The van der Waals surface area contributed by atoms with E-state index < -0.39 is 0 Å². The topological polar surface area (TPSA) is 28.2 Å². The number of aromatic nitrogens is 1. The molecule has 0 amide bonds. The Morgan fingerprint density at radius 2 is 2.35 bits per heavy atom. The number of likely N-dealkylation sites (tertiary alicyclic amines) is 1. The van der Waals surface area contributed by atoms with Crippen molar-refractivity contribution in [3.8, 4) is 0 Å². The smallest absolute Gasteiger partial charge is 0.0934 e. The van der Waals surface area contributed by atoms with E-state index in [-0.39, 0.29) is 0 Å². The summed E-state index contributed by atoms with van der Waals surface area (Å²) in [4.78, 5) is 6.88. The summed E-state index contributed by atoms with van der Waals surface area (Å²) in [6.45, 7) is 3.37. The van der Waals surface area contributed by atoms with Crippen LogP contribution in [0.3, 0.4) is 0 Å². The van der Waals surface area contributed by atoms with Gasteiger partial charge in [0.15, 0.2) is 0 Å². The van der Waals surface area contributed by atoms with Gasteiger partial charge in [0.25, 0.3) is 0 Å². The van der Waals surface area contributed by atoms with Gasteiger partial charge in [-0.1, -0.05) is 17.7 Å². The largest absolute Gasteiger partial charge is 0.383 e. The molecule has 1 aromatic carbocycles. The average molecular weight is 290 g/mol. The molecule has 20 heavy (non-hydrogen) atoms. The van der Waals surface area contributed by atoms with Gasteiger partial charge in [0, 0.05) is 29.7 Å². The fourth-order valence-electron chi connectivity index (χ4n) is 2.98. The van der Waals surface area contributed by atoms with Crippen LogP contribution in [0.5, 0.6) is 0 Å². The van der Waals surface area contributed by atoms with Gasteiger partial charge in [0.1, 0.15) is 0 Å². The third-order valence-electron chi connectivity index (χ3n) is 3.97. The second-order valence-electron chi connectivity index (χ2n) is 5.68. The number of rotatable bonds is 3. The lowest BCUT2D eigenvalue weighted by Gasteiger charge is -2.30. The minimum atomic E-state index is 0.700. The minimum Gasteiger partial charge on any atom is -0.383 e. The summed E-state index contributed by atoms with van der Waals surface area (Å²) in [6.07, 6.45) is 4.41. The third kappa shape index (κ3) is 3.05. The summed E-state index contributed by atoms with van der Waals surface area (Å²) >= 11 is 6.19. The van der Waals surface area contributed by atoms with E-state index in [1.165, 1.54) is 25.9 Å². The predicted octanol–water partition coefficient (Wildman–Crippen LogP) is 3.64. The van der Waals surface area contributed by atoms with Crippen molar-refractivity contribution in [3.63, 3.8) is 0 Å². The fraction of sp³-hybridized carbons (Fsp3) is 0.438. The van der Waals surface area contributed by atoms with Crippen LogP contribution in [-0.4, -0.2) is 36.6 Å². The number of benzene rings is 1. The fourth-order valence-corrected chi connectivity index (χ4v) is 3.21. The Morgan fingerprint density at radius 1 is 1.45 bits per heavy atom. The van der Waals surface area contributed by atoms with E-state index in [0.29, 0.717) is 5.92 Å². The molecule has 0 bridgehead atoms. The monoisotopic (exact) mass is 289 g/mol. The van der Waals surface area contributed by atoms with Crippen LogP contribution in [0.15, 0.2) is 30.5 Å². The Labute approximate surface area is 124 Å². The average Bonchev–Trinajstić information content (AvgIpc) is 2.44. The highest BCUT2D eigenvalue weighted by Gasteiger charge is 2.17. The zero-order chi connectivity index (χ0) is 13.9. The van der Waals surface area contributed by atoms with Gasteiger partial charge >= 0.3 is 0 Å². The zero-order valence-electron chi connectivity index (χ0n) is 11.8. The molecule has 1 aliphatic rings. The highest BCUT2D eigenvalue weighted by molar-refractivity contribution is 6.31. The first kappa shape index (κ1) is 13.7. The van der Waals surface area contributed by atoms with Crippen molar-refractivity contribution in [2.45, 2.75) is 12.8 Å². The lowest BCUT2D eigenvalue weighted by atomic mass is 9.98. The number of halogens is 1. The molecule has 106 valence electrons. The summed E-state index contributed by atoms with van der Waals surface area (Å²) in [5, 5.41) is 5.39. The maximum absolute atomic E-state index is 6.19. The second-order valence-corrected chi connectivity index (χ2v) is 6.12. The van der Waals surface area contributed by atoms with Crippen LogP contribution < -0.4 is 5.32 Å². The Hall–Kier alpha value is -1.32. The lowest BCUT2D eigenvalue weighted by Crippen LogP contribution is -2.35. The number of hydrogen-bond donors (Lipinski definition) is 1. The molecular weight excluding hydrogens is 270 g/mol. The van der Waals surface area contributed by atoms with Crippen molar-refractivity contribution in [3.05, 3.63) is 35.5 Å². The van der Waals surface area contributed by atoms with E-state index >= 15 is 0 Å². The summed E-state index contributed by atoms with van der Waals surface area (Å²) in [5.74, 6) is 0.700. The lowest BCUT2D eigenvalue weighted by molar-refractivity contribution is 0.217. The molecule has 1 aromatic heterocycles. The first-order valence-corrected chi connectivity index (χ1v) is 7.57. The van der Waals surface area contributed by atoms with Crippen molar-refractivity contribution in [1.82, 2.24) is 9.88 Å². The number of piperidine rings is 1. The maximum Gasteiger partial charge on any atom is 0.0934 e. The molecule has 4 heteroatoms. The summed E-state index contributed by atoms with van der Waals surface area (Å²) < 4.78 is 0. The molecular formula is C16H20ClN3. The van der Waals surface area contributed by atoms with E-state index in [1.54, 1.807) is 0 Å². The first-order chi connectivity index (χ1) is 9.72. The molecule has 1 unspecified atom stereocenters. The van der Waals surface area contributed by atoms with E-state index in [0.717, 1.165) is 28.2 Å². The predicted molar refractivity (Wildman–Crippen MR) is 85.5 cm³/mol. The number of fused-ring (bicyclic) bond motifs is 1. The molecule has 1 saturated heterocycles. The molecule has 3 rings (SSSR count). The van der Waals surface area contributed by atoms with Gasteiger partial charge in [-0.05, 0) is 50.6 Å². The van der Waals surface area contributed by atoms with Crippen LogP contribution in [0.1, 0.15) is 12.8 Å². The Kier molecular flexibility index (Phi) is 4.08. The molecule has 0 spiro atoms. The first-order valence-electron chi connectivity index (χ1n) is 7.19. The van der Waals surface area contributed by atoms with Gasteiger partial charge in [-0.15, -0.1) is 0 Å².